The van der Waals surface area contributed by atoms with E-state index in [0.717, 1.165) is 23.7 Å². The minimum absolute atomic E-state index is 0.0140. The van der Waals surface area contributed by atoms with Crippen LogP contribution in [0.3, 0.4) is 0 Å². The summed E-state index contributed by atoms with van der Waals surface area (Å²) < 4.78 is 32.1. The molecule has 0 atom stereocenters. The zero-order chi connectivity index (χ0) is 20.0. The summed E-state index contributed by atoms with van der Waals surface area (Å²) in [6.45, 7) is 0.234. The molecule has 0 heterocycles. The number of anilines is 1. The van der Waals surface area contributed by atoms with Crippen LogP contribution >= 0.6 is 0 Å². The standard InChI is InChI=1S/C18H23N3O5S/c1-20(2)15-8-6-14(7-9-15)5-4-12-19-27(24,25)16-10-11-18(26-3)17(13-16)21(22)23/h6-11,13,19H,4-5,12H2,1-3H3. The number of hydrogen-bond donors (Lipinski definition) is 1. The van der Waals surface area contributed by atoms with Gasteiger partial charge in [0.05, 0.1) is 16.9 Å². The lowest BCUT2D eigenvalue weighted by atomic mass is 10.1. The van der Waals surface area contributed by atoms with Crippen molar-refractivity contribution in [3.05, 3.63) is 58.1 Å². The van der Waals surface area contributed by atoms with Gasteiger partial charge in [-0.1, -0.05) is 12.1 Å². The van der Waals surface area contributed by atoms with Crippen molar-refractivity contribution in [1.29, 1.82) is 0 Å². The van der Waals surface area contributed by atoms with E-state index in [9.17, 15) is 18.5 Å². The van der Waals surface area contributed by atoms with Gasteiger partial charge in [0, 0.05) is 32.4 Å². The number of nitrogens with zero attached hydrogens (tertiary/aromatic N) is 2. The summed E-state index contributed by atoms with van der Waals surface area (Å²) >= 11 is 0. The van der Waals surface area contributed by atoms with Crippen molar-refractivity contribution in [2.24, 2.45) is 0 Å². The summed E-state index contributed by atoms with van der Waals surface area (Å²) in [5.74, 6) is 0.0140. The first-order valence-corrected chi connectivity index (χ1v) is 9.81. The molecule has 1 N–H and O–H groups in total. The first-order valence-electron chi connectivity index (χ1n) is 8.33. The summed E-state index contributed by atoms with van der Waals surface area (Å²) in [6, 6.07) is 11.6. The Labute approximate surface area is 159 Å². The van der Waals surface area contributed by atoms with E-state index in [0.29, 0.717) is 6.42 Å². The molecule has 0 amide bonds. The summed E-state index contributed by atoms with van der Waals surface area (Å²) in [6.07, 6.45) is 1.33. The molecule has 0 bridgehead atoms. The minimum Gasteiger partial charge on any atom is -0.490 e. The fourth-order valence-corrected chi connectivity index (χ4v) is 3.62. The lowest BCUT2D eigenvalue weighted by molar-refractivity contribution is -0.386. The first kappa shape index (κ1) is 20.7. The molecule has 8 nitrogen and oxygen atoms in total. The van der Waals surface area contributed by atoms with Gasteiger partial charge in [0.1, 0.15) is 0 Å². The van der Waals surface area contributed by atoms with Gasteiger partial charge in [-0.3, -0.25) is 10.1 Å². The van der Waals surface area contributed by atoms with Gasteiger partial charge in [-0.15, -0.1) is 0 Å². The Hall–Kier alpha value is -2.65. The SMILES string of the molecule is COc1ccc(S(=O)(=O)NCCCc2ccc(N(C)C)cc2)cc1[N+](=O)[O-]. The number of ether oxygens (including phenoxy) is 1. The largest absolute Gasteiger partial charge is 0.490 e. The van der Waals surface area contributed by atoms with Crippen LogP contribution in [-0.4, -0.2) is 41.1 Å². The molecule has 0 saturated carbocycles. The fourth-order valence-electron chi connectivity index (χ4n) is 2.52. The van der Waals surface area contributed by atoms with E-state index in [4.69, 9.17) is 4.74 Å². The van der Waals surface area contributed by atoms with E-state index in [1.165, 1.54) is 19.2 Å². The molecule has 0 fully saturated rings. The third-order valence-corrected chi connectivity index (χ3v) is 5.50. The van der Waals surface area contributed by atoms with Crippen LogP contribution in [0.15, 0.2) is 47.4 Å². The van der Waals surface area contributed by atoms with E-state index in [1.807, 2.05) is 43.3 Å². The number of nitro benzene ring substituents is 1. The maximum Gasteiger partial charge on any atom is 0.312 e. The highest BCUT2D eigenvalue weighted by Gasteiger charge is 2.21. The molecule has 146 valence electrons. The van der Waals surface area contributed by atoms with Crippen LogP contribution in [-0.2, 0) is 16.4 Å². The van der Waals surface area contributed by atoms with Crippen LogP contribution < -0.4 is 14.4 Å². The highest BCUT2D eigenvalue weighted by atomic mass is 32.2. The Kier molecular flexibility index (Phi) is 6.75. The number of methoxy groups -OCH3 is 1. The second kappa shape index (κ2) is 8.83. The first-order chi connectivity index (χ1) is 12.7. The van der Waals surface area contributed by atoms with Gasteiger partial charge in [0.15, 0.2) is 5.75 Å². The topological polar surface area (TPSA) is 102 Å². The van der Waals surface area contributed by atoms with Crippen molar-refractivity contribution < 1.29 is 18.1 Å². The molecule has 0 saturated heterocycles. The summed E-state index contributed by atoms with van der Waals surface area (Å²) in [5, 5.41) is 11.1. The van der Waals surface area contributed by atoms with Gasteiger partial charge in [-0.05, 0) is 42.7 Å². The van der Waals surface area contributed by atoms with Crippen LogP contribution in [0.2, 0.25) is 0 Å². The summed E-state index contributed by atoms with van der Waals surface area (Å²) in [4.78, 5) is 12.2. The van der Waals surface area contributed by atoms with Crippen LogP contribution in [0, 0.1) is 10.1 Å². The van der Waals surface area contributed by atoms with Crippen molar-refractivity contribution in [3.63, 3.8) is 0 Å². The second-order valence-electron chi connectivity index (χ2n) is 6.15. The van der Waals surface area contributed by atoms with Gasteiger partial charge in [-0.2, -0.15) is 0 Å². The predicted molar refractivity (Wildman–Crippen MR) is 104 cm³/mol. The van der Waals surface area contributed by atoms with Crippen molar-refractivity contribution in [3.8, 4) is 5.75 Å². The zero-order valence-electron chi connectivity index (χ0n) is 15.5. The molecular formula is C18H23N3O5S. The number of rotatable bonds is 9. The van der Waals surface area contributed by atoms with E-state index < -0.39 is 14.9 Å². The Morgan fingerprint density at radius 1 is 1.15 bits per heavy atom. The van der Waals surface area contributed by atoms with Gasteiger partial charge >= 0.3 is 5.69 Å². The molecule has 27 heavy (non-hydrogen) atoms. The van der Waals surface area contributed by atoms with E-state index in [-0.39, 0.29) is 22.9 Å². The Bertz CT molecular complexity index is 896. The molecule has 0 aromatic heterocycles. The Balaban J connectivity index is 1.96. The maximum atomic E-state index is 12.4. The molecule has 0 unspecified atom stereocenters. The zero-order valence-corrected chi connectivity index (χ0v) is 16.3. The van der Waals surface area contributed by atoms with Gasteiger partial charge < -0.3 is 9.64 Å². The fraction of sp³-hybridized carbons (Fsp3) is 0.333. The highest BCUT2D eigenvalue weighted by molar-refractivity contribution is 7.89. The molecule has 0 aliphatic carbocycles. The third-order valence-electron chi connectivity index (χ3n) is 4.04. The number of hydrogen-bond acceptors (Lipinski definition) is 6. The summed E-state index contributed by atoms with van der Waals surface area (Å²) in [5.41, 5.74) is 1.82. The van der Waals surface area contributed by atoms with Crippen molar-refractivity contribution >= 4 is 21.4 Å². The quantitative estimate of drug-likeness (QED) is 0.399. The third kappa shape index (κ3) is 5.41. The molecule has 2 aromatic carbocycles. The van der Waals surface area contributed by atoms with Gasteiger partial charge in [0.25, 0.3) is 0 Å². The predicted octanol–water partition coefficient (Wildman–Crippen LogP) is 2.58. The van der Waals surface area contributed by atoms with Crippen LogP contribution in [0.1, 0.15) is 12.0 Å². The monoisotopic (exact) mass is 393 g/mol. The highest BCUT2D eigenvalue weighted by Crippen LogP contribution is 2.29. The molecule has 2 rings (SSSR count). The molecule has 2 aromatic rings. The second-order valence-corrected chi connectivity index (χ2v) is 7.92. The molecule has 0 spiro atoms. The lowest BCUT2D eigenvalue weighted by Crippen LogP contribution is -2.25. The summed E-state index contributed by atoms with van der Waals surface area (Å²) in [7, 11) is 1.39. The molecule has 0 aliphatic heterocycles. The van der Waals surface area contributed by atoms with Crippen molar-refractivity contribution in [2.75, 3.05) is 32.6 Å². The Morgan fingerprint density at radius 3 is 2.37 bits per heavy atom. The van der Waals surface area contributed by atoms with Crippen LogP contribution in [0.25, 0.3) is 0 Å². The number of sulfonamides is 1. The molecule has 0 radical (unpaired) electrons. The average molecular weight is 393 g/mol. The molecule has 0 aliphatic rings. The van der Waals surface area contributed by atoms with E-state index in [1.54, 1.807) is 0 Å². The number of nitro groups is 1. The lowest BCUT2D eigenvalue weighted by Gasteiger charge is -2.12. The van der Waals surface area contributed by atoms with Crippen LogP contribution in [0.4, 0.5) is 11.4 Å². The minimum atomic E-state index is -3.83. The smallest absolute Gasteiger partial charge is 0.312 e. The van der Waals surface area contributed by atoms with Crippen LogP contribution in [0.5, 0.6) is 5.75 Å². The average Bonchev–Trinajstić information content (AvgIpc) is 2.65. The van der Waals surface area contributed by atoms with E-state index in [2.05, 4.69) is 4.72 Å². The molecular weight excluding hydrogens is 370 g/mol. The number of nitrogens with one attached hydrogen (secondary N) is 1. The van der Waals surface area contributed by atoms with Crippen molar-refractivity contribution in [1.82, 2.24) is 4.72 Å². The number of benzene rings is 2. The molecule has 9 heteroatoms. The van der Waals surface area contributed by atoms with Gasteiger partial charge in [-0.25, -0.2) is 13.1 Å². The van der Waals surface area contributed by atoms with Crippen molar-refractivity contribution in [2.45, 2.75) is 17.7 Å². The number of aryl methyl sites for hydroxylation is 1. The Morgan fingerprint density at radius 2 is 1.81 bits per heavy atom. The van der Waals surface area contributed by atoms with E-state index >= 15 is 0 Å². The van der Waals surface area contributed by atoms with Gasteiger partial charge in [0.2, 0.25) is 10.0 Å². The normalized spacial score (nSPS) is 11.2. The maximum absolute atomic E-state index is 12.4.